The molecule has 124 valence electrons. The Labute approximate surface area is 153 Å². The Morgan fingerprint density at radius 2 is 2.21 bits per heavy atom. The lowest BCUT2D eigenvalue weighted by Gasteiger charge is -2.06. The standard InChI is InChI=1S/C17H15Cl2N3OS/c1-3-6-20-16(23)15-8-13-10(2)21-22(17(13)24-15)9-11-4-5-12(18)7-14(11)19/h3-5,7-8H,1,6,9H2,2H3,(H,20,23). The van der Waals surface area contributed by atoms with Crippen LogP contribution in [0.15, 0.2) is 36.9 Å². The van der Waals surface area contributed by atoms with Gasteiger partial charge in [0.1, 0.15) is 4.83 Å². The number of rotatable bonds is 5. The van der Waals surface area contributed by atoms with E-state index in [1.165, 1.54) is 11.3 Å². The SMILES string of the molecule is C=CCNC(=O)c1cc2c(C)nn(Cc3ccc(Cl)cc3Cl)c2s1. The maximum absolute atomic E-state index is 12.1. The summed E-state index contributed by atoms with van der Waals surface area (Å²) >= 11 is 13.6. The summed E-state index contributed by atoms with van der Waals surface area (Å²) in [6.45, 7) is 6.50. The van der Waals surface area contributed by atoms with Crippen LogP contribution in [0.1, 0.15) is 20.9 Å². The monoisotopic (exact) mass is 379 g/mol. The lowest BCUT2D eigenvalue weighted by Crippen LogP contribution is -2.22. The molecule has 4 nitrogen and oxygen atoms in total. The van der Waals surface area contributed by atoms with Gasteiger partial charge in [0.2, 0.25) is 0 Å². The number of nitrogens with zero attached hydrogens (tertiary/aromatic N) is 2. The Bertz CT molecular complexity index is 929. The fourth-order valence-electron chi connectivity index (χ4n) is 2.39. The third kappa shape index (κ3) is 3.34. The molecule has 3 aromatic rings. The second kappa shape index (κ2) is 6.97. The number of halogens is 2. The molecule has 0 aliphatic carbocycles. The van der Waals surface area contributed by atoms with Crippen molar-refractivity contribution in [2.24, 2.45) is 0 Å². The van der Waals surface area contributed by atoms with Crippen molar-refractivity contribution in [1.29, 1.82) is 0 Å². The van der Waals surface area contributed by atoms with E-state index in [-0.39, 0.29) is 5.91 Å². The van der Waals surface area contributed by atoms with Gasteiger partial charge in [0, 0.05) is 22.0 Å². The molecule has 0 saturated carbocycles. The van der Waals surface area contributed by atoms with Crippen LogP contribution < -0.4 is 5.32 Å². The number of hydrogen-bond donors (Lipinski definition) is 1. The summed E-state index contributed by atoms with van der Waals surface area (Å²) in [5, 5.41) is 9.53. The highest BCUT2D eigenvalue weighted by molar-refractivity contribution is 7.20. The molecule has 1 aromatic carbocycles. The number of aryl methyl sites for hydroxylation is 1. The fraction of sp³-hybridized carbons (Fsp3) is 0.176. The van der Waals surface area contributed by atoms with Crippen LogP contribution >= 0.6 is 34.5 Å². The molecule has 0 radical (unpaired) electrons. The summed E-state index contributed by atoms with van der Waals surface area (Å²) in [7, 11) is 0. The molecule has 0 atom stereocenters. The number of thiophene rings is 1. The van der Waals surface area contributed by atoms with Crippen molar-refractivity contribution in [2.45, 2.75) is 13.5 Å². The van der Waals surface area contributed by atoms with Gasteiger partial charge in [-0.3, -0.25) is 9.48 Å². The van der Waals surface area contributed by atoms with E-state index in [0.29, 0.717) is 28.0 Å². The average Bonchev–Trinajstić information content (AvgIpc) is 3.09. The van der Waals surface area contributed by atoms with Gasteiger partial charge in [-0.15, -0.1) is 17.9 Å². The number of carbonyl (C=O) groups is 1. The molecule has 1 N–H and O–H groups in total. The zero-order valence-electron chi connectivity index (χ0n) is 13.0. The number of fused-ring (bicyclic) bond motifs is 1. The van der Waals surface area contributed by atoms with E-state index >= 15 is 0 Å². The van der Waals surface area contributed by atoms with Crippen molar-refractivity contribution in [3.8, 4) is 0 Å². The Morgan fingerprint density at radius 3 is 2.92 bits per heavy atom. The van der Waals surface area contributed by atoms with Crippen LogP contribution in [0.5, 0.6) is 0 Å². The summed E-state index contributed by atoms with van der Waals surface area (Å²) in [5.74, 6) is -0.105. The lowest BCUT2D eigenvalue weighted by molar-refractivity contribution is 0.0962. The largest absolute Gasteiger partial charge is 0.348 e. The molecule has 0 spiro atoms. The molecule has 2 heterocycles. The van der Waals surface area contributed by atoms with Crippen molar-refractivity contribution < 1.29 is 4.79 Å². The summed E-state index contributed by atoms with van der Waals surface area (Å²) in [6, 6.07) is 7.28. The Kier molecular flexibility index (Phi) is 4.94. The van der Waals surface area contributed by atoms with Crippen molar-refractivity contribution >= 4 is 50.7 Å². The van der Waals surface area contributed by atoms with E-state index in [9.17, 15) is 4.79 Å². The molecular weight excluding hydrogens is 365 g/mol. The minimum atomic E-state index is -0.105. The van der Waals surface area contributed by atoms with Crippen LogP contribution in [-0.2, 0) is 6.54 Å². The van der Waals surface area contributed by atoms with Crippen molar-refractivity contribution in [1.82, 2.24) is 15.1 Å². The lowest BCUT2D eigenvalue weighted by atomic mass is 10.2. The van der Waals surface area contributed by atoms with E-state index in [1.54, 1.807) is 18.2 Å². The maximum Gasteiger partial charge on any atom is 0.261 e. The van der Waals surface area contributed by atoms with Gasteiger partial charge in [0.05, 0.1) is 17.1 Å². The molecule has 2 aromatic heterocycles. The van der Waals surface area contributed by atoms with Crippen molar-refractivity contribution in [3.05, 3.63) is 63.1 Å². The molecule has 3 rings (SSSR count). The van der Waals surface area contributed by atoms with E-state index < -0.39 is 0 Å². The molecular formula is C17H15Cl2N3OS. The molecule has 1 amide bonds. The maximum atomic E-state index is 12.1. The van der Waals surface area contributed by atoms with Gasteiger partial charge >= 0.3 is 0 Å². The number of amides is 1. The first-order valence-electron chi connectivity index (χ1n) is 7.29. The number of carbonyl (C=O) groups excluding carboxylic acids is 1. The van der Waals surface area contributed by atoms with Gasteiger partial charge in [-0.1, -0.05) is 35.3 Å². The molecule has 0 fully saturated rings. The smallest absolute Gasteiger partial charge is 0.261 e. The summed E-state index contributed by atoms with van der Waals surface area (Å²) in [4.78, 5) is 13.7. The third-order valence-electron chi connectivity index (χ3n) is 3.57. The van der Waals surface area contributed by atoms with Gasteiger partial charge in [0.25, 0.3) is 5.91 Å². The van der Waals surface area contributed by atoms with E-state index in [2.05, 4.69) is 17.0 Å². The predicted molar refractivity (Wildman–Crippen MR) is 100 cm³/mol. The van der Waals surface area contributed by atoms with Crippen LogP contribution in [0.25, 0.3) is 10.2 Å². The highest BCUT2D eigenvalue weighted by atomic mass is 35.5. The van der Waals surface area contributed by atoms with Crippen molar-refractivity contribution in [3.63, 3.8) is 0 Å². The van der Waals surface area contributed by atoms with E-state index in [1.807, 2.05) is 23.7 Å². The zero-order chi connectivity index (χ0) is 17.3. The second-order valence-corrected chi connectivity index (χ2v) is 7.18. The van der Waals surface area contributed by atoms with Crippen LogP contribution in [0, 0.1) is 6.92 Å². The normalized spacial score (nSPS) is 11.0. The summed E-state index contributed by atoms with van der Waals surface area (Å²) in [5.41, 5.74) is 1.81. The first-order valence-corrected chi connectivity index (χ1v) is 8.87. The number of aromatic nitrogens is 2. The Hall–Kier alpha value is -1.82. The van der Waals surface area contributed by atoms with Crippen LogP contribution in [0.2, 0.25) is 10.0 Å². The second-order valence-electron chi connectivity index (χ2n) is 5.31. The quantitative estimate of drug-likeness (QED) is 0.654. The molecule has 24 heavy (non-hydrogen) atoms. The highest BCUT2D eigenvalue weighted by Crippen LogP contribution is 2.30. The van der Waals surface area contributed by atoms with Gasteiger partial charge in [-0.2, -0.15) is 5.10 Å². The first-order chi connectivity index (χ1) is 11.5. The summed E-state index contributed by atoms with van der Waals surface area (Å²) in [6.07, 6.45) is 1.65. The van der Waals surface area contributed by atoms with Crippen molar-refractivity contribution in [2.75, 3.05) is 6.54 Å². The van der Waals surface area contributed by atoms with Gasteiger partial charge < -0.3 is 5.32 Å². The number of benzene rings is 1. The van der Waals surface area contributed by atoms with Crippen LogP contribution in [-0.4, -0.2) is 22.2 Å². The first kappa shape index (κ1) is 17.0. The number of nitrogens with one attached hydrogen (secondary N) is 1. The molecule has 0 bridgehead atoms. The molecule has 7 heteroatoms. The minimum Gasteiger partial charge on any atom is -0.348 e. The highest BCUT2D eigenvalue weighted by Gasteiger charge is 2.16. The van der Waals surface area contributed by atoms with Crippen LogP contribution in [0.4, 0.5) is 0 Å². The van der Waals surface area contributed by atoms with Gasteiger partial charge in [-0.25, -0.2) is 0 Å². The summed E-state index contributed by atoms with van der Waals surface area (Å²) < 4.78 is 1.87. The molecule has 0 unspecified atom stereocenters. The average molecular weight is 380 g/mol. The van der Waals surface area contributed by atoms with Gasteiger partial charge in [0.15, 0.2) is 0 Å². The van der Waals surface area contributed by atoms with Gasteiger partial charge in [-0.05, 0) is 30.7 Å². The number of hydrogen-bond acceptors (Lipinski definition) is 3. The Morgan fingerprint density at radius 1 is 1.42 bits per heavy atom. The third-order valence-corrected chi connectivity index (χ3v) is 5.31. The molecule has 0 aliphatic heterocycles. The zero-order valence-corrected chi connectivity index (χ0v) is 15.3. The van der Waals surface area contributed by atoms with E-state index in [4.69, 9.17) is 23.2 Å². The fourth-order valence-corrected chi connectivity index (χ4v) is 3.94. The minimum absolute atomic E-state index is 0.105. The molecule has 0 saturated heterocycles. The predicted octanol–water partition coefficient (Wildman–Crippen LogP) is 4.68. The Balaban J connectivity index is 1.95. The molecule has 0 aliphatic rings. The van der Waals surface area contributed by atoms with Crippen LogP contribution in [0.3, 0.4) is 0 Å². The topological polar surface area (TPSA) is 46.9 Å². The van der Waals surface area contributed by atoms with E-state index in [0.717, 1.165) is 21.5 Å².